The molecule has 0 amide bonds. The number of hydrogen-bond acceptors (Lipinski definition) is 0. The van der Waals surface area contributed by atoms with Gasteiger partial charge >= 0.3 is 0 Å². The quantitative estimate of drug-likeness (QED) is 0.340. The first-order valence-corrected chi connectivity index (χ1v) is 7.97. The number of unbranched alkanes of at least 4 members (excludes halogenated alkanes) is 9. The second kappa shape index (κ2) is 14.2. The van der Waals surface area contributed by atoms with E-state index in [1.807, 2.05) is 0 Å². The van der Waals surface area contributed by atoms with Gasteiger partial charge in [0.1, 0.15) is 0 Å². The molecule has 0 nitrogen and oxygen atoms in total. The van der Waals surface area contributed by atoms with Crippen molar-refractivity contribution in [1.29, 1.82) is 0 Å². The minimum Gasteiger partial charge on any atom is -0.0654 e. The molecule has 0 atom stereocenters. The van der Waals surface area contributed by atoms with Gasteiger partial charge in [0.15, 0.2) is 0 Å². The summed E-state index contributed by atoms with van der Waals surface area (Å²) in [6.07, 6.45) is 15.5. The Labute approximate surface area is 130 Å². The van der Waals surface area contributed by atoms with Gasteiger partial charge in [-0.05, 0) is 18.4 Å². The molecule has 0 aliphatic rings. The number of benzene rings is 1. The zero-order valence-corrected chi connectivity index (χ0v) is 13.4. The second-order valence-electron chi connectivity index (χ2n) is 5.42. The molecule has 1 aromatic carbocycles. The van der Waals surface area contributed by atoms with Gasteiger partial charge in [0.2, 0.25) is 0 Å². The maximum absolute atomic E-state index is 2.28. The Morgan fingerprint density at radius 3 is 1.63 bits per heavy atom. The molecule has 0 aliphatic heterocycles. The van der Waals surface area contributed by atoms with Gasteiger partial charge in [-0.15, -0.1) is 0 Å². The van der Waals surface area contributed by atoms with Crippen molar-refractivity contribution in [2.45, 2.75) is 77.6 Å². The van der Waals surface area contributed by atoms with Gasteiger partial charge in [-0.2, -0.15) is 0 Å². The molecule has 1 rings (SSSR count). The Morgan fingerprint density at radius 1 is 0.632 bits per heavy atom. The zero-order chi connectivity index (χ0) is 12.9. The van der Waals surface area contributed by atoms with Gasteiger partial charge in [-0.1, -0.05) is 95.0 Å². The molecule has 0 aliphatic carbocycles. The predicted molar refractivity (Wildman–Crippen MR) is 82.0 cm³/mol. The van der Waals surface area contributed by atoms with Crippen molar-refractivity contribution < 1.29 is 17.1 Å². The summed E-state index contributed by atoms with van der Waals surface area (Å²) < 4.78 is 0. The average Bonchev–Trinajstić information content (AvgIpc) is 2.42. The third kappa shape index (κ3) is 11.3. The Balaban J connectivity index is 0.00000324. The van der Waals surface area contributed by atoms with Crippen LogP contribution in [-0.2, 0) is 23.5 Å². The van der Waals surface area contributed by atoms with Crippen molar-refractivity contribution in [3.05, 3.63) is 35.9 Å². The molecule has 0 saturated heterocycles. The van der Waals surface area contributed by atoms with E-state index in [9.17, 15) is 0 Å². The summed E-state index contributed by atoms with van der Waals surface area (Å²) in [6, 6.07) is 10.9. The van der Waals surface area contributed by atoms with E-state index in [-0.39, 0.29) is 17.1 Å². The molecule has 0 fully saturated rings. The molecule has 0 aromatic heterocycles. The average molecular weight is 310 g/mol. The van der Waals surface area contributed by atoms with Crippen LogP contribution >= 0.6 is 0 Å². The SMILES string of the molecule is CCCCCCCCCCCCc1ccccc1.[Cu]. The van der Waals surface area contributed by atoms with Crippen LogP contribution in [0.5, 0.6) is 0 Å². The van der Waals surface area contributed by atoms with Gasteiger partial charge in [0.05, 0.1) is 0 Å². The van der Waals surface area contributed by atoms with Gasteiger partial charge in [0.25, 0.3) is 0 Å². The molecule has 19 heavy (non-hydrogen) atoms. The van der Waals surface area contributed by atoms with Gasteiger partial charge in [0, 0.05) is 17.1 Å². The first-order valence-electron chi connectivity index (χ1n) is 7.97. The first kappa shape index (κ1) is 18.7. The molecule has 0 N–H and O–H groups in total. The molecule has 1 aromatic rings. The molecule has 0 bridgehead atoms. The molecule has 0 heterocycles. The number of aryl methyl sites for hydroxylation is 1. The minimum absolute atomic E-state index is 0. The summed E-state index contributed by atoms with van der Waals surface area (Å²) in [5, 5.41) is 0. The molecule has 1 radical (unpaired) electrons. The standard InChI is InChI=1S/C18H30.Cu/c1-2-3-4-5-6-7-8-9-10-12-15-18-16-13-11-14-17-18;/h11,13-14,16-17H,2-10,12,15H2,1H3;. The molecular weight excluding hydrogens is 280 g/mol. The Kier molecular flexibility index (Phi) is 14.0. The van der Waals surface area contributed by atoms with E-state index in [0.717, 1.165) is 0 Å². The maximum atomic E-state index is 2.28. The largest absolute Gasteiger partial charge is 0.0654 e. The summed E-state index contributed by atoms with van der Waals surface area (Å²) in [6.45, 7) is 2.28. The van der Waals surface area contributed by atoms with Crippen molar-refractivity contribution in [3.63, 3.8) is 0 Å². The van der Waals surface area contributed by atoms with E-state index in [0.29, 0.717) is 0 Å². The molecular formula is C18H30Cu. The van der Waals surface area contributed by atoms with Crippen molar-refractivity contribution >= 4 is 0 Å². The van der Waals surface area contributed by atoms with Crippen LogP contribution in [-0.4, -0.2) is 0 Å². The van der Waals surface area contributed by atoms with E-state index >= 15 is 0 Å². The van der Waals surface area contributed by atoms with E-state index in [4.69, 9.17) is 0 Å². The van der Waals surface area contributed by atoms with Crippen molar-refractivity contribution in [2.24, 2.45) is 0 Å². The molecule has 113 valence electrons. The van der Waals surface area contributed by atoms with Crippen LogP contribution in [0, 0.1) is 0 Å². The van der Waals surface area contributed by atoms with E-state index in [1.165, 1.54) is 76.2 Å². The molecule has 0 saturated carbocycles. The summed E-state index contributed by atoms with van der Waals surface area (Å²) >= 11 is 0. The Bertz CT molecular complexity index is 268. The smallest absolute Gasteiger partial charge is 0 e. The van der Waals surface area contributed by atoms with Crippen molar-refractivity contribution in [3.8, 4) is 0 Å². The summed E-state index contributed by atoms with van der Waals surface area (Å²) in [5.74, 6) is 0. The Morgan fingerprint density at radius 2 is 1.11 bits per heavy atom. The Hall–Kier alpha value is -0.261. The van der Waals surface area contributed by atoms with Crippen LogP contribution in [0.25, 0.3) is 0 Å². The molecule has 0 spiro atoms. The van der Waals surface area contributed by atoms with Crippen molar-refractivity contribution in [1.82, 2.24) is 0 Å². The van der Waals surface area contributed by atoms with Crippen molar-refractivity contribution in [2.75, 3.05) is 0 Å². The monoisotopic (exact) mass is 309 g/mol. The van der Waals surface area contributed by atoms with Gasteiger partial charge in [-0.3, -0.25) is 0 Å². The van der Waals surface area contributed by atoms with Crippen LogP contribution in [0.4, 0.5) is 0 Å². The van der Waals surface area contributed by atoms with Crippen LogP contribution in [0.2, 0.25) is 0 Å². The van der Waals surface area contributed by atoms with Crippen LogP contribution < -0.4 is 0 Å². The third-order valence-electron chi connectivity index (χ3n) is 3.66. The summed E-state index contributed by atoms with van der Waals surface area (Å²) in [7, 11) is 0. The van der Waals surface area contributed by atoms with Crippen LogP contribution in [0.3, 0.4) is 0 Å². The molecule has 1 heteroatoms. The minimum atomic E-state index is 0. The van der Waals surface area contributed by atoms with E-state index < -0.39 is 0 Å². The normalized spacial score (nSPS) is 10.2. The topological polar surface area (TPSA) is 0 Å². The van der Waals surface area contributed by atoms with Gasteiger partial charge in [-0.25, -0.2) is 0 Å². The zero-order valence-electron chi connectivity index (χ0n) is 12.5. The fourth-order valence-corrected chi connectivity index (χ4v) is 2.46. The van der Waals surface area contributed by atoms with E-state index in [2.05, 4.69) is 37.3 Å². The number of rotatable bonds is 11. The third-order valence-corrected chi connectivity index (χ3v) is 3.66. The summed E-state index contributed by atoms with van der Waals surface area (Å²) in [4.78, 5) is 0. The predicted octanol–water partition coefficient (Wildman–Crippen LogP) is 6.15. The maximum Gasteiger partial charge on any atom is 0 e. The fourth-order valence-electron chi connectivity index (χ4n) is 2.46. The number of hydrogen-bond donors (Lipinski definition) is 0. The summed E-state index contributed by atoms with van der Waals surface area (Å²) in [5.41, 5.74) is 1.50. The van der Waals surface area contributed by atoms with Gasteiger partial charge < -0.3 is 0 Å². The van der Waals surface area contributed by atoms with Crippen LogP contribution in [0.1, 0.15) is 76.7 Å². The van der Waals surface area contributed by atoms with E-state index in [1.54, 1.807) is 0 Å². The molecule has 0 unspecified atom stereocenters. The second-order valence-corrected chi connectivity index (χ2v) is 5.42. The first-order chi connectivity index (χ1) is 8.93. The fraction of sp³-hybridized carbons (Fsp3) is 0.667. The van der Waals surface area contributed by atoms with Crippen LogP contribution in [0.15, 0.2) is 30.3 Å².